The molecular formula is C24H27ClF3N5O2S. The molecule has 4 rings (SSSR count). The Morgan fingerprint density at radius 1 is 1.00 bits per heavy atom. The molecule has 0 radical (unpaired) electrons. The highest BCUT2D eigenvalue weighted by Gasteiger charge is 2.33. The summed E-state index contributed by atoms with van der Waals surface area (Å²) in [6, 6.07) is 10.0. The minimum Gasteiger partial charge on any atom is -0.372 e. The molecule has 1 aliphatic carbocycles. The molecule has 0 bridgehead atoms. The van der Waals surface area contributed by atoms with Crippen LogP contribution in [0.2, 0.25) is 5.02 Å². The number of fused-ring (bicyclic) bond motifs is 1. The predicted octanol–water partition coefficient (Wildman–Crippen LogP) is 5.54. The zero-order valence-electron chi connectivity index (χ0n) is 19.6. The predicted molar refractivity (Wildman–Crippen MR) is 135 cm³/mol. The maximum Gasteiger partial charge on any atom is 0.416 e. The second kappa shape index (κ2) is 10.8. The van der Waals surface area contributed by atoms with E-state index in [1.54, 1.807) is 0 Å². The Morgan fingerprint density at radius 2 is 1.67 bits per heavy atom. The number of halogens is 4. The van der Waals surface area contributed by atoms with Gasteiger partial charge in [-0.1, -0.05) is 23.7 Å². The summed E-state index contributed by atoms with van der Waals surface area (Å²) < 4.78 is 66.8. The molecule has 12 heteroatoms. The maximum absolute atomic E-state index is 13.0. The fraction of sp³-hybridized carbons (Fsp3) is 0.417. The molecule has 1 heterocycles. The van der Waals surface area contributed by atoms with Gasteiger partial charge >= 0.3 is 6.18 Å². The quantitative estimate of drug-likeness (QED) is 0.346. The summed E-state index contributed by atoms with van der Waals surface area (Å²) in [5.74, 6) is 1.77. The van der Waals surface area contributed by atoms with Crippen LogP contribution >= 0.6 is 11.6 Å². The molecule has 0 atom stereocenters. The molecular weight excluding hydrogens is 515 g/mol. The summed E-state index contributed by atoms with van der Waals surface area (Å²) in [6.07, 6.45) is -1.29. The summed E-state index contributed by atoms with van der Waals surface area (Å²) in [6.45, 7) is 0.841. The topological polar surface area (TPSA) is 96.0 Å². The van der Waals surface area contributed by atoms with E-state index in [9.17, 15) is 21.6 Å². The van der Waals surface area contributed by atoms with Gasteiger partial charge < -0.3 is 10.6 Å². The Kier molecular flexibility index (Phi) is 7.91. The number of hydrogen-bond donors (Lipinski definition) is 3. The van der Waals surface area contributed by atoms with E-state index in [1.165, 1.54) is 0 Å². The van der Waals surface area contributed by atoms with Crippen molar-refractivity contribution in [2.75, 3.05) is 30.8 Å². The van der Waals surface area contributed by atoms with Gasteiger partial charge in [-0.3, -0.25) is 0 Å². The van der Waals surface area contributed by atoms with Crippen molar-refractivity contribution in [1.29, 1.82) is 0 Å². The second-order valence-corrected chi connectivity index (χ2v) is 11.1. The normalized spacial score (nSPS) is 18.8. The molecule has 194 valence electrons. The fourth-order valence-corrected chi connectivity index (χ4v) is 6.05. The highest BCUT2D eigenvalue weighted by molar-refractivity contribution is 7.89. The standard InChI is InChI=1S/C24H27ClF3N5O2S/c1-29-22-18-4-2-3-5-20(18)32-23(33-22)30-13-15-6-8-16(9-7-15)14-31-36(34,35)21-12-17(24(26,27)28)10-11-19(21)25/h2-5,10-12,15-16,31H,6-9,13-14H2,1H3,(H2,29,30,32,33). The molecule has 0 unspecified atom stereocenters. The van der Waals surface area contributed by atoms with E-state index in [2.05, 4.69) is 25.3 Å². The number of nitrogens with zero attached hydrogens (tertiary/aromatic N) is 2. The first-order valence-corrected chi connectivity index (χ1v) is 13.5. The maximum atomic E-state index is 13.0. The molecule has 3 N–H and O–H groups in total. The molecule has 0 aliphatic heterocycles. The average molecular weight is 542 g/mol. The molecule has 36 heavy (non-hydrogen) atoms. The second-order valence-electron chi connectivity index (χ2n) is 8.93. The van der Waals surface area contributed by atoms with Crippen LogP contribution in [-0.2, 0) is 16.2 Å². The molecule has 1 aromatic heterocycles. The van der Waals surface area contributed by atoms with E-state index in [0.717, 1.165) is 54.5 Å². The van der Waals surface area contributed by atoms with Gasteiger partial charge in [0, 0.05) is 25.5 Å². The van der Waals surface area contributed by atoms with Crippen molar-refractivity contribution in [3.8, 4) is 0 Å². The van der Waals surface area contributed by atoms with Crippen LogP contribution in [-0.4, -0.2) is 38.5 Å². The monoisotopic (exact) mass is 541 g/mol. The number of sulfonamides is 1. The molecule has 0 spiro atoms. The van der Waals surface area contributed by atoms with Crippen LogP contribution in [0.15, 0.2) is 47.4 Å². The van der Waals surface area contributed by atoms with E-state index in [0.29, 0.717) is 24.5 Å². The number of hydrogen-bond acceptors (Lipinski definition) is 6. The largest absolute Gasteiger partial charge is 0.416 e. The number of para-hydroxylation sites is 1. The lowest BCUT2D eigenvalue weighted by molar-refractivity contribution is -0.137. The Bertz CT molecular complexity index is 1330. The number of anilines is 2. The summed E-state index contributed by atoms with van der Waals surface area (Å²) in [5, 5.41) is 7.11. The Balaban J connectivity index is 1.30. The van der Waals surface area contributed by atoms with Crippen molar-refractivity contribution >= 4 is 44.3 Å². The molecule has 7 nitrogen and oxygen atoms in total. The lowest BCUT2D eigenvalue weighted by atomic mass is 9.82. The van der Waals surface area contributed by atoms with Crippen molar-refractivity contribution < 1.29 is 21.6 Å². The Morgan fingerprint density at radius 3 is 2.33 bits per heavy atom. The SMILES string of the molecule is CNc1nc(NCC2CCC(CNS(=O)(=O)c3cc(C(F)(F)F)ccc3Cl)CC2)nc2ccccc12. The van der Waals surface area contributed by atoms with Crippen LogP contribution in [0.1, 0.15) is 31.2 Å². The van der Waals surface area contributed by atoms with Gasteiger partial charge in [-0.2, -0.15) is 18.2 Å². The van der Waals surface area contributed by atoms with Gasteiger partial charge in [-0.05, 0) is 67.9 Å². The van der Waals surface area contributed by atoms with Crippen LogP contribution in [0.5, 0.6) is 0 Å². The minimum atomic E-state index is -4.66. The van der Waals surface area contributed by atoms with Gasteiger partial charge in [0.1, 0.15) is 10.7 Å². The van der Waals surface area contributed by atoms with Crippen LogP contribution in [0, 0.1) is 11.8 Å². The molecule has 1 fully saturated rings. The van der Waals surface area contributed by atoms with Crippen molar-refractivity contribution in [3.05, 3.63) is 53.1 Å². The van der Waals surface area contributed by atoms with E-state index in [-0.39, 0.29) is 17.5 Å². The van der Waals surface area contributed by atoms with E-state index in [4.69, 9.17) is 11.6 Å². The smallest absolute Gasteiger partial charge is 0.372 e. The van der Waals surface area contributed by atoms with Gasteiger partial charge in [0.05, 0.1) is 16.1 Å². The van der Waals surface area contributed by atoms with Crippen LogP contribution in [0.25, 0.3) is 10.9 Å². The first-order valence-electron chi connectivity index (χ1n) is 11.6. The third kappa shape index (κ3) is 6.19. The summed E-state index contributed by atoms with van der Waals surface area (Å²) >= 11 is 5.90. The van der Waals surface area contributed by atoms with Gasteiger partial charge in [-0.25, -0.2) is 18.1 Å². The zero-order valence-corrected chi connectivity index (χ0v) is 21.1. The van der Waals surface area contributed by atoms with Gasteiger partial charge in [0.25, 0.3) is 0 Å². The number of benzene rings is 2. The molecule has 1 aliphatic rings. The number of alkyl halides is 3. The molecule has 0 saturated heterocycles. The van der Waals surface area contributed by atoms with Crippen LogP contribution < -0.4 is 15.4 Å². The molecule has 0 amide bonds. The first-order chi connectivity index (χ1) is 17.1. The van der Waals surface area contributed by atoms with Gasteiger partial charge in [0.15, 0.2) is 0 Å². The van der Waals surface area contributed by atoms with Gasteiger partial charge in [0.2, 0.25) is 16.0 Å². The van der Waals surface area contributed by atoms with Crippen LogP contribution in [0.3, 0.4) is 0 Å². The summed E-state index contributed by atoms with van der Waals surface area (Å²) in [7, 11) is -2.36. The molecule has 1 saturated carbocycles. The minimum absolute atomic E-state index is 0.0911. The van der Waals surface area contributed by atoms with E-state index < -0.39 is 26.7 Å². The average Bonchev–Trinajstić information content (AvgIpc) is 2.85. The highest BCUT2D eigenvalue weighted by Crippen LogP contribution is 2.34. The van der Waals surface area contributed by atoms with Crippen LogP contribution in [0.4, 0.5) is 24.9 Å². The lowest BCUT2D eigenvalue weighted by Crippen LogP contribution is -2.32. The molecule has 2 aromatic carbocycles. The van der Waals surface area contributed by atoms with Crippen molar-refractivity contribution in [3.63, 3.8) is 0 Å². The van der Waals surface area contributed by atoms with Crippen molar-refractivity contribution in [1.82, 2.24) is 14.7 Å². The number of rotatable bonds is 8. The summed E-state index contributed by atoms with van der Waals surface area (Å²) in [4.78, 5) is 8.56. The van der Waals surface area contributed by atoms with E-state index in [1.807, 2.05) is 31.3 Å². The zero-order chi connectivity index (χ0) is 25.9. The first kappa shape index (κ1) is 26.4. The highest BCUT2D eigenvalue weighted by atomic mass is 35.5. The third-order valence-corrected chi connectivity index (χ3v) is 8.37. The Hall–Kier alpha value is -2.63. The molecule has 3 aromatic rings. The van der Waals surface area contributed by atoms with Gasteiger partial charge in [-0.15, -0.1) is 0 Å². The summed E-state index contributed by atoms with van der Waals surface area (Å²) in [5.41, 5.74) is -0.214. The van der Waals surface area contributed by atoms with E-state index >= 15 is 0 Å². The third-order valence-electron chi connectivity index (χ3n) is 6.47. The number of aromatic nitrogens is 2. The van der Waals surface area contributed by atoms with Crippen molar-refractivity contribution in [2.45, 2.75) is 36.8 Å². The lowest BCUT2D eigenvalue weighted by Gasteiger charge is -2.28. The van der Waals surface area contributed by atoms with Crippen molar-refractivity contribution in [2.24, 2.45) is 11.8 Å². The Labute approximate surface area is 212 Å². The number of nitrogens with one attached hydrogen (secondary N) is 3. The fourth-order valence-electron chi connectivity index (χ4n) is 4.41.